The number of esters is 1. The standard InChI is InChI=1S/C20H15N3O5/c1-11-18-13(20(24)28-12-5-6-16-17(8-12)27-10-26-16)9-14(15-4-3-7-25-15)21-19(18)23(2)22-11/h3-9H,10H2,1-2H3. The van der Waals surface area contributed by atoms with Crippen LogP contribution in [0.2, 0.25) is 0 Å². The summed E-state index contributed by atoms with van der Waals surface area (Å²) in [5.74, 6) is 1.56. The van der Waals surface area contributed by atoms with E-state index in [1.807, 2.05) is 6.92 Å². The van der Waals surface area contributed by atoms with E-state index in [9.17, 15) is 4.79 Å². The van der Waals surface area contributed by atoms with Gasteiger partial charge in [0, 0.05) is 13.1 Å². The van der Waals surface area contributed by atoms with Gasteiger partial charge in [0.2, 0.25) is 6.79 Å². The summed E-state index contributed by atoms with van der Waals surface area (Å²) in [4.78, 5) is 17.6. The number of hydrogen-bond acceptors (Lipinski definition) is 7. The van der Waals surface area contributed by atoms with Crippen molar-refractivity contribution in [3.8, 4) is 28.7 Å². The van der Waals surface area contributed by atoms with Crippen molar-refractivity contribution >= 4 is 17.0 Å². The molecule has 0 atom stereocenters. The van der Waals surface area contributed by atoms with Gasteiger partial charge in [-0.1, -0.05) is 0 Å². The van der Waals surface area contributed by atoms with E-state index in [-0.39, 0.29) is 6.79 Å². The van der Waals surface area contributed by atoms with Gasteiger partial charge in [0.15, 0.2) is 22.9 Å². The molecule has 0 N–H and O–H groups in total. The number of rotatable bonds is 3. The van der Waals surface area contributed by atoms with E-state index in [2.05, 4.69) is 10.1 Å². The van der Waals surface area contributed by atoms with Crippen molar-refractivity contribution in [1.82, 2.24) is 14.8 Å². The van der Waals surface area contributed by atoms with Crippen LogP contribution >= 0.6 is 0 Å². The minimum absolute atomic E-state index is 0.152. The Morgan fingerprint density at radius 2 is 2.04 bits per heavy atom. The zero-order valence-electron chi connectivity index (χ0n) is 15.1. The molecule has 0 radical (unpaired) electrons. The fraction of sp³-hybridized carbons (Fsp3) is 0.150. The summed E-state index contributed by atoms with van der Waals surface area (Å²) in [6.45, 7) is 1.98. The number of fused-ring (bicyclic) bond motifs is 2. The predicted octanol–water partition coefficient (Wildman–Crippen LogP) is 3.48. The third-order valence-corrected chi connectivity index (χ3v) is 4.52. The molecule has 28 heavy (non-hydrogen) atoms. The Morgan fingerprint density at radius 1 is 1.18 bits per heavy atom. The van der Waals surface area contributed by atoms with Crippen molar-refractivity contribution in [3.63, 3.8) is 0 Å². The Bertz CT molecular complexity index is 1210. The van der Waals surface area contributed by atoms with Gasteiger partial charge in [-0.3, -0.25) is 4.68 Å². The van der Waals surface area contributed by atoms with E-state index in [4.69, 9.17) is 18.6 Å². The van der Waals surface area contributed by atoms with Crippen LogP contribution in [0, 0.1) is 6.92 Å². The number of aromatic nitrogens is 3. The average molecular weight is 377 g/mol. The molecule has 0 aliphatic carbocycles. The Morgan fingerprint density at radius 3 is 2.86 bits per heavy atom. The van der Waals surface area contributed by atoms with E-state index in [0.717, 1.165) is 0 Å². The second kappa shape index (κ2) is 6.12. The summed E-state index contributed by atoms with van der Waals surface area (Å²) >= 11 is 0. The lowest BCUT2D eigenvalue weighted by atomic mass is 10.1. The first-order chi connectivity index (χ1) is 13.6. The van der Waals surface area contributed by atoms with Gasteiger partial charge in [0.25, 0.3) is 0 Å². The van der Waals surface area contributed by atoms with Crippen molar-refractivity contribution in [2.75, 3.05) is 6.79 Å². The summed E-state index contributed by atoms with van der Waals surface area (Å²) in [5.41, 5.74) is 2.15. The van der Waals surface area contributed by atoms with Crippen molar-refractivity contribution in [2.24, 2.45) is 7.05 Å². The van der Waals surface area contributed by atoms with Crippen molar-refractivity contribution in [3.05, 3.63) is 53.9 Å². The van der Waals surface area contributed by atoms with Gasteiger partial charge < -0.3 is 18.6 Å². The van der Waals surface area contributed by atoms with E-state index >= 15 is 0 Å². The number of aryl methyl sites for hydroxylation is 2. The van der Waals surface area contributed by atoms with Crippen LogP contribution in [-0.2, 0) is 7.05 Å². The maximum absolute atomic E-state index is 13.0. The van der Waals surface area contributed by atoms with E-state index in [1.54, 1.807) is 54.4 Å². The van der Waals surface area contributed by atoms with Gasteiger partial charge in [-0.15, -0.1) is 0 Å². The van der Waals surface area contributed by atoms with Gasteiger partial charge in [-0.05, 0) is 37.3 Å². The fourth-order valence-electron chi connectivity index (χ4n) is 3.26. The van der Waals surface area contributed by atoms with Crippen molar-refractivity contribution < 1.29 is 23.4 Å². The van der Waals surface area contributed by atoms with Crippen LogP contribution in [-0.4, -0.2) is 27.5 Å². The molecule has 8 nitrogen and oxygen atoms in total. The largest absolute Gasteiger partial charge is 0.463 e. The lowest BCUT2D eigenvalue weighted by Crippen LogP contribution is -2.10. The summed E-state index contributed by atoms with van der Waals surface area (Å²) < 4.78 is 23.3. The molecule has 0 saturated carbocycles. The number of hydrogen-bond donors (Lipinski definition) is 0. The molecule has 1 aliphatic heterocycles. The number of carbonyl (C=O) groups is 1. The van der Waals surface area contributed by atoms with Crippen LogP contribution in [0.3, 0.4) is 0 Å². The Labute approximate surface area is 159 Å². The predicted molar refractivity (Wildman–Crippen MR) is 98.5 cm³/mol. The highest BCUT2D eigenvalue weighted by molar-refractivity contribution is 6.05. The molecule has 4 aromatic rings. The molecule has 4 heterocycles. The number of benzene rings is 1. The molecule has 8 heteroatoms. The Kier molecular flexibility index (Phi) is 3.58. The number of ether oxygens (including phenoxy) is 3. The minimum Gasteiger partial charge on any atom is -0.463 e. The first-order valence-electron chi connectivity index (χ1n) is 8.60. The molecule has 140 valence electrons. The summed E-state index contributed by atoms with van der Waals surface area (Å²) in [5, 5.41) is 5.03. The lowest BCUT2D eigenvalue weighted by molar-refractivity contribution is 0.0736. The van der Waals surface area contributed by atoms with Crippen LogP contribution in [0.25, 0.3) is 22.5 Å². The normalized spacial score (nSPS) is 12.5. The molecule has 0 spiro atoms. The first-order valence-corrected chi connectivity index (χ1v) is 8.60. The molecule has 1 aromatic carbocycles. The first kappa shape index (κ1) is 16.4. The summed E-state index contributed by atoms with van der Waals surface area (Å²) in [6.07, 6.45) is 1.56. The maximum atomic E-state index is 13.0. The second-order valence-electron chi connectivity index (χ2n) is 6.34. The topological polar surface area (TPSA) is 88.6 Å². The van der Waals surface area contributed by atoms with Crippen LogP contribution in [0.4, 0.5) is 0 Å². The molecule has 0 saturated heterocycles. The fourth-order valence-corrected chi connectivity index (χ4v) is 3.26. The van der Waals surface area contributed by atoms with Crippen LogP contribution in [0.5, 0.6) is 17.2 Å². The highest BCUT2D eigenvalue weighted by Crippen LogP contribution is 2.36. The zero-order chi connectivity index (χ0) is 19.3. The molecule has 3 aromatic heterocycles. The van der Waals surface area contributed by atoms with Crippen molar-refractivity contribution in [1.29, 1.82) is 0 Å². The van der Waals surface area contributed by atoms with Gasteiger partial charge in [0.1, 0.15) is 11.4 Å². The average Bonchev–Trinajstić information content (AvgIpc) is 3.42. The van der Waals surface area contributed by atoms with Crippen LogP contribution < -0.4 is 14.2 Å². The third kappa shape index (κ3) is 2.58. The molecule has 0 fully saturated rings. The number of furan rings is 1. The number of carbonyl (C=O) groups excluding carboxylic acids is 1. The minimum atomic E-state index is -0.518. The monoisotopic (exact) mass is 377 g/mol. The highest BCUT2D eigenvalue weighted by atomic mass is 16.7. The summed E-state index contributed by atoms with van der Waals surface area (Å²) in [6, 6.07) is 10.2. The van der Waals surface area contributed by atoms with E-state index in [0.29, 0.717) is 51.0 Å². The number of pyridine rings is 1. The maximum Gasteiger partial charge on any atom is 0.344 e. The summed E-state index contributed by atoms with van der Waals surface area (Å²) in [7, 11) is 1.78. The second-order valence-corrected chi connectivity index (χ2v) is 6.34. The highest BCUT2D eigenvalue weighted by Gasteiger charge is 2.22. The van der Waals surface area contributed by atoms with Gasteiger partial charge >= 0.3 is 5.97 Å². The molecular formula is C20H15N3O5. The molecule has 5 rings (SSSR count). The van der Waals surface area contributed by atoms with Crippen LogP contribution in [0.1, 0.15) is 16.1 Å². The molecular weight excluding hydrogens is 362 g/mol. The number of nitrogens with zero attached hydrogens (tertiary/aromatic N) is 3. The quantitative estimate of drug-likeness (QED) is 0.399. The molecule has 1 aliphatic rings. The molecule has 0 bridgehead atoms. The molecule has 0 amide bonds. The zero-order valence-corrected chi connectivity index (χ0v) is 15.1. The third-order valence-electron chi connectivity index (χ3n) is 4.52. The van der Waals surface area contributed by atoms with Gasteiger partial charge in [-0.2, -0.15) is 5.10 Å². The van der Waals surface area contributed by atoms with Gasteiger partial charge in [0.05, 0.1) is 22.9 Å². The lowest BCUT2D eigenvalue weighted by Gasteiger charge is -2.08. The smallest absolute Gasteiger partial charge is 0.344 e. The molecule has 0 unspecified atom stereocenters. The Hall–Kier alpha value is -3.81. The Balaban J connectivity index is 1.59. The van der Waals surface area contributed by atoms with Crippen LogP contribution in [0.15, 0.2) is 47.1 Å². The van der Waals surface area contributed by atoms with E-state index in [1.165, 1.54) is 0 Å². The van der Waals surface area contributed by atoms with Crippen molar-refractivity contribution in [2.45, 2.75) is 6.92 Å². The SMILES string of the molecule is Cc1nn(C)c2nc(-c3ccco3)cc(C(=O)Oc3ccc4c(c3)OCO4)c12. The van der Waals surface area contributed by atoms with Gasteiger partial charge in [-0.25, -0.2) is 9.78 Å². The van der Waals surface area contributed by atoms with E-state index < -0.39 is 5.97 Å².